The summed E-state index contributed by atoms with van der Waals surface area (Å²) in [6.07, 6.45) is 1.05. The highest BCUT2D eigenvalue weighted by atomic mass is 19.4. The number of carbonyl (C=O) groups excluding carboxylic acids is 2. The van der Waals surface area contributed by atoms with Gasteiger partial charge in [-0.1, -0.05) is 0 Å². The van der Waals surface area contributed by atoms with Crippen molar-refractivity contribution in [1.82, 2.24) is 25.1 Å². The molecular formula is C23H23F3N6O2. The lowest BCUT2D eigenvalue weighted by atomic mass is 10.0. The SMILES string of the molecule is Cc1cc(-c2cncc(C(=O)NC(C)(C)C)c2)nc2c1C(=O)N(c1cnn(CC(F)(F)F)c1)C2. The Labute approximate surface area is 193 Å². The van der Waals surface area contributed by atoms with Gasteiger partial charge in [-0.2, -0.15) is 18.3 Å². The fraction of sp³-hybridized carbons (Fsp3) is 0.348. The molecule has 3 aromatic heterocycles. The van der Waals surface area contributed by atoms with Crippen molar-refractivity contribution in [3.05, 3.63) is 59.3 Å². The van der Waals surface area contributed by atoms with E-state index in [4.69, 9.17) is 0 Å². The molecule has 0 radical (unpaired) electrons. The van der Waals surface area contributed by atoms with Crippen LogP contribution < -0.4 is 10.2 Å². The van der Waals surface area contributed by atoms with Crippen molar-refractivity contribution in [2.75, 3.05) is 4.90 Å². The average Bonchev–Trinajstić information content (AvgIpc) is 3.29. The minimum atomic E-state index is -4.42. The van der Waals surface area contributed by atoms with Gasteiger partial charge in [0.15, 0.2) is 0 Å². The first-order chi connectivity index (χ1) is 15.8. The number of aromatic nitrogens is 4. The lowest BCUT2D eigenvalue weighted by Crippen LogP contribution is -2.40. The zero-order chi connectivity index (χ0) is 24.8. The molecule has 0 fully saturated rings. The number of pyridine rings is 2. The zero-order valence-electron chi connectivity index (χ0n) is 19.1. The number of anilines is 1. The van der Waals surface area contributed by atoms with E-state index in [-0.39, 0.29) is 24.0 Å². The Hall–Kier alpha value is -3.76. The summed E-state index contributed by atoms with van der Waals surface area (Å²) >= 11 is 0. The van der Waals surface area contributed by atoms with Gasteiger partial charge in [0.05, 0.1) is 40.9 Å². The molecule has 0 aromatic carbocycles. The van der Waals surface area contributed by atoms with Crippen molar-refractivity contribution in [3.63, 3.8) is 0 Å². The highest BCUT2D eigenvalue weighted by Crippen LogP contribution is 2.32. The Kier molecular flexibility index (Phi) is 5.66. The first-order valence-corrected chi connectivity index (χ1v) is 10.5. The van der Waals surface area contributed by atoms with Crippen LogP contribution in [-0.4, -0.2) is 43.3 Å². The molecule has 11 heteroatoms. The summed E-state index contributed by atoms with van der Waals surface area (Å²) in [6, 6.07) is 3.41. The van der Waals surface area contributed by atoms with Crippen molar-refractivity contribution in [2.45, 2.75) is 52.5 Å². The summed E-state index contributed by atoms with van der Waals surface area (Å²) in [4.78, 5) is 35.6. The largest absolute Gasteiger partial charge is 0.408 e. The van der Waals surface area contributed by atoms with Crippen LogP contribution in [0.1, 0.15) is 52.7 Å². The molecule has 2 amide bonds. The van der Waals surface area contributed by atoms with Crippen LogP contribution in [0.3, 0.4) is 0 Å². The molecule has 0 spiro atoms. The number of amides is 2. The molecule has 0 unspecified atom stereocenters. The molecule has 1 aliphatic heterocycles. The van der Waals surface area contributed by atoms with Crippen molar-refractivity contribution in [3.8, 4) is 11.3 Å². The summed E-state index contributed by atoms with van der Waals surface area (Å²) in [5.74, 6) is -0.619. The Morgan fingerprint density at radius 1 is 1.15 bits per heavy atom. The van der Waals surface area contributed by atoms with Crippen molar-refractivity contribution in [1.29, 1.82) is 0 Å². The Morgan fingerprint density at radius 2 is 1.88 bits per heavy atom. The van der Waals surface area contributed by atoms with E-state index in [1.165, 1.54) is 23.5 Å². The first-order valence-electron chi connectivity index (χ1n) is 10.5. The van der Waals surface area contributed by atoms with Gasteiger partial charge in [-0.05, 0) is 45.4 Å². The van der Waals surface area contributed by atoms with Gasteiger partial charge >= 0.3 is 6.18 Å². The molecule has 1 N–H and O–H groups in total. The van der Waals surface area contributed by atoms with Crippen LogP contribution in [0.15, 0.2) is 36.9 Å². The lowest BCUT2D eigenvalue weighted by molar-refractivity contribution is -0.142. The molecule has 3 aromatic rings. The Balaban J connectivity index is 1.62. The molecule has 0 saturated carbocycles. The van der Waals surface area contributed by atoms with Gasteiger partial charge < -0.3 is 5.32 Å². The van der Waals surface area contributed by atoms with E-state index in [1.807, 2.05) is 20.8 Å². The van der Waals surface area contributed by atoms with E-state index < -0.39 is 18.3 Å². The Bertz CT molecular complexity index is 1280. The minimum absolute atomic E-state index is 0.0954. The number of halogens is 3. The van der Waals surface area contributed by atoms with Crippen molar-refractivity contribution >= 4 is 17.5 Å². The molecule has 0 aliphatic carbocycles. The van der Waals surface area contributed by atoms with E-state index in [9.17, 15) is 22.8 Å². The fourth-order valence-electron chi connectivity index (χ4n) is 3.74. The number of aryl methyl sites for hydroxylation is 1. The second kappa shape index (κ2) is 8.23. The molecule has 4 heterocycles. The molecule has 0 bridgehead atoms. The third-order valence-corrected chi connectivity index (χ3v) is 5.12. The number of rotatable bonds is 4. The highest BCUT2D eigenvalue weighted by molar-refractivity contribution is 6.10. The lowest BCUT2D eigenvalue weighted by Gasteiger charge is -2.20. The normalized spacial score (nSPS) is 13.9. The molecule has 8 nitrogen and oxygen atoms in total. The maximum atomic E-state index is 13.0. The number of hydrogen-bond acceptors (Lipinski definition) is 5. The van der Waals surface area contributed by atoms with Crippen LogP contribution >= 0.6 is 0 Å². The molecular weight excluding hydrogens is 449 g/mol. The monoisotopic (exact) mass is 472 g/mol. The summed E-state index contributed by atoms with van der Waals surface area (Å²) in [6.45, 7) is 6.26. The number of fused-ring (bicyclic) bond motifs is 1. The second-order valence-corrected chi connectivity index (χ2v) is 9.22. The van der Waals surface area contributed by atoms with Crippen LogP contribution in [0.5, 0.6) is 0 Å². The third-order valence-electron chi connectivity index (χ3n) is 5.12. The maximum Gasteiger partial charge on any atom is 0.408 e. The standard InChI is InChI=1S/C23H23F3N6O2/c1-13-5-17(14-6-15(8-27-7-14)20(33)30-22(2,3)4)29-18-11-32(21(34)19(13)18)16-9-28-31(10-16)12-23(24,25)26/h5-10H,11-12H2,1-4H3,(H,30,33). The molecule has 0 saturated heterocycles. The predicted molar refractivity (Wildman–Crippen MR) is 118 cm³/mol. The van der Waals surface area contributed by atoms with E-state index in [2.05, 4.69) is 20.4 Å². The quantitative estimate of drug-likeness (QED) is 0.622. The van der Waals surface area contributed by atoms with Crippen LogP contribution in [0, 0.1) is 6.92 Å². The molecule has 0 atom stereocenters. The average molecular weight is 472 g/mol. The summed E-state index contributed by atoms with van der Waals surface area (Å²) in [7, 11) is 0. The van der Waals surface area contributed by atoms with Crippen LogP contribution in [0.25, 0.3) is 11.3 Å². The minimum Gasteiger partial charge on any atom is -0.347 e. The predicted octanol–water partition coefficient (Wildman–Crippen LogP) is 3.90. The van der Waals surface area contributed by atoms with E-state index in [0.717, 1.165) is 4.68 Å². The molecule has 178 valence electrons. The van der Waals surface area contributed by atoms with Gasteiger partial charge in [-0.25, -0.2) is 0 Å². The maximum absolute atomic E-state index is 13.0. The number of alkyl halides is 3. The van der Waals surface area contributed by atoms with Gasteiger partial charge in [0.25, 0.3) is 11.8 Å². The van der Waals surface area contributed by atoms with Gasteiger partial charge in [-0.15, -0.1) is 0 Å². The van der Waals surface area contributed by atoms with E-state index in [0.29, 0.717) is 33.6 Å². The topological polar surface area (TPSA) is 93.0 Å². The summed E-state index contributed by atoms with van der Waals surface area (Å²) < 4.78 is 38.7. The zero-order valence-corrected chi connectivity index (χ0v) is 19.1. The van der Waals surface area contributed by atoms with Crippen molar-refractivity contribution < 1.29 is 22.8 Å². The van der Waals surface area contributed by atoms with Crippen LogP contribution in [-0.2, 0) is 13.1 Å². The van der Waals surface area contributed by atoms with Crippen molar-refractivity contribution in [2.24, 2.45) is 0 Å². The first kappa shape index (κ1) is 23.4. The third kappa shape index (κ3) is 4.92. The van der Waals surface area contributed by atoms with Gasteiger partial charge in [0.1, 0.15) is 6.54 Å². The van der Waals surface area contributed by atoms with Gasteiger partial charge in [-0.3, -0.25) is 29.1 Å². The number of nitrogens with one attached hydrogen (secondary N) is 1. The van der Waals surface area contributed by atoms with Crippen LogP contribution in [0.2, 0.25) is 0 Å². The molecule has 1 aliphatic rings. The molecule has 34 heavy (non-hydrogen) atoms. The molecule has 4 rings (SSSR count). The smallest absolute Gasteiger partial charge is 0.347 e. The highest BCUT2D eigenvalue weighted by Gasteiger charge is 2.34. The van der Waals surface area contributed by atoms with E-state index in [1.54, 1.807) is 25.3 Å². The van der Waals surface area contributed by atoms with Crippen LogP contribution in [0.4, 0.5) is 18.9 Å². The summed E-state index contributed by atoms with van der Waals surface area (Å²) in [5, 5.41) is 6.60. The van der Waals surface area contributed by atoms with Gasteiger partial charge in [0.2, 0.25) is 0 Å². The van der Waals surface area contributed by atoms with Gasteiger partial charge in [0, 0.05) is 29.7 Å². The number of hydrogen-bond donors (Lipinski definition) is 1. The fourth-order valence-corrected chi connectivity index (χ4v) is 3.74. The number of nitrogens with zero attached hydrogens (tertiary/aromatic N) is 5. The van der Waals surface area contributed by atoms with E-state index >= 15 is 0 Å². The number of carbonyl (C=O) groups is 2. The Morgan fingerprint density at radius 3 is 2.56 bits per heavy atom. The summed E-state index contributed by atoms with van der Waals surface area (Å²) in [5.41, 5.74) is 2.94. The second-order valence-electron chi connectivity index (χ2n) is 9.22.